The first kappa shape index (κ1) is 15.9. The van der Waals surface area contributed by atoms with Gasteiger partial charge in [-0.15, -0.1) is 0 Å². The number of nitrogens with zero attached hydrogens (tertiary/aromatic N) is 2. The average molecular weight is 295 g/mol. The smallest absolute Gasteiger partial charge is 0.256 e. The number of aryl methyl sites for hydroxylation is 1. The summed E-state index contributed by atoms with van der Waals surface area (Å²) in [5.41, 5.74) is 1.81. The number of nitrogens with one attached hydrogen (secondary N) is 1. The van der Waals surface area contributed by atoms with Crippen LogP contribution in [0.25, 0.3) is 6.08 Å². The van der Waals surface area contributed by atoms with Crippen molar-refractivity contribution in [2.24, 2.45) is 5.41 Å². The number of allylic oxidation sites excluding steroid dienone is 1. The van der Waals surface area contributed by atoms with Crippen LogP contribution in [0, 0.1) is 12.3 Å². The lowest BCUT2D eigenvalue weighted by Crippen LogP contribution is -2.13. The summed E-state index contributed by atoms with van der Waals surface area (Å²) in [7, 11) is 0. The van der Waals surface area contributed by atoms with E-state index in [-0.39, 0.29) is 11.3 Å². The molecule has 1 aromatic carbocycles. The third-order valence-electron chi connectivity index (χ3n) is 2.97. The molecule has 4 heteroatoms. The van der Waals surface area contributed by atoms with E-state index < -0.39 is 0 Å². The molecule has 2 aromatic rings. The van der Waals surface area contributed by atoms with Gasteiger partial charge in [-0.25, -0.2) is 9.97 Å². The molecule has 0 saturated heterocycles. The number of carbonyl (C=O) groups is 1. The van der Waals surface area contributed by atoms with Crippen LogP contribution < -0.4 is 5.32 Å². The molecule has 22 heavy (non-hydrogen) atoms. The molecule has 0 unspecified atom stereocenters. The average Bonchev–Trinajstić information content (AvgIpc) is 2.45. The normalized spacial score (nSPS) is 11.6. The Bertz CT molecular complexity index is 682. The lowest BCUT2D eigenvalue weighted by Gasteiger charge is -2.11. The Kier molecular flexibility index (Phi) is 4.71. The lowest BCUT2D eigenvalue weighted by atomic mass is 9.95. The van der Waals surface area contributed by atoms with Crippen molar-refractivity contribution >= 4 is 17.8 Å². The first-order valence-electron chi connectivity index (χ1n) is 7.24. The van der Waals surface area contributed by atoms with Crippen molar-refractivity contribution in [1.29, 1.82) is 0 Å². The third kappa shape index (κ3) is 4.81. The van der Waals surface area contributed by atoms with Gasteiger partial charge < -0.3 is 5.32 Å². The largest absolute Gasteiger partial charge is 0.306 e. The molecular formula is C18H21N3O. The van der Waals surface area contributed by atoms with E-state index in [1.54, 1.807) is 19.2 Å². The highest BCUT2D eigenvalue weighted by atomic mass is 16.1. The molecule has 4 nitrogen and oxygen atoms in total. The van der Waals surface area contributed by atoms with Gasteiger partial charge in [0.25, 0.3) is 5.91 Å². The van der Waals surface area contributed by atoms with Gasteiger partial charge in [0.1, 0.15) is 11.6 Å². The fraction of sp³-hybridized carbons (Fsp3) is 0.278. The van der Waals surface area contributed by atoms with E-state index in [2.05, 4.69) is 48.2 Å². The van der Waals surface area contributed by atoms with Crippen LogP contribution in [0.15, 0.2) is 42.6 Å². The molecule has 0 aliphatic rings. The maximum absolute atomic E-state index is 12.2. The highest BCUT2D eigenvalue weighted by Gasteiger charge is 2.07. The third-order valence-corrected chi connectivity index (χ3v) is 2.97. The second kappa shape index (κ2) is 6.52. The van der Waals surface area contributed by atoms with Gasteiger partial charge in [0, 0.05) is 11.8 Å². The van der Waals surface area contributed by atoms with Crippen LogP contribution in [-0.2, 0) is 0 Å². The van der Waals surface area contributed by atoms with Gasteiger partial charge >= 0.3 is 0 Å². The van der Waals surface area contributed by atoms with Crippen molar-refractivity contribution in [2.45, 2.75) is 27.7 Å². The van der Waals surface area contributed by atoms with E-state index in [0.29, 0.717) is 17.2 Å². The molecule has 2 rings (SSSR count). The SMILES string of the molecule is Cc1nccc(NC(=O)c2ccc(/C=C/C(C)(C)C)cc2)n1. The summed E-state index contributed by atoms with van der Waals surface area (Å²) in [5, 5.41) is 2.77. The summed E-state index contributed by atoms with van der Waals surface area (Å²) in [6.45, 7) is 8.23. The van der Waals surface area contributed by atoms with E-state index in [9.17, 15) is 4.79 Å². The maximum Gasteiger partial charge on any atom is 0.256 e. The molecule has 0 aliphatic heterocycles. The van der Waals surface area contributed by atoms with E-state index in [4.69, 9.17) is 0 Å². The lowest BCUT2D eigenvalue weighted by molar-refractivity contribution is 0.102. The Labute approximate surface area is 131 Å². The zero-order valence-electron chi connectivity index (χ0n) is 13.4. The van der Waals surface area contributed by atoms with Gasteiger partial charge in [0.2, 0.25) is 0 Å². The van der Waals surface area contributed by atoms with E-state index >= 15 is 0 Å². The summed E-state index contributed by atoms with van der Waals surface area (Å²) >= 11 is 0. The Balaban J connectivity index is 2.07. The summed E-state index contributed by atoms with van der Waals surface area (Å²) in [4.78, 5) is 20.3. The fourth-order valence-electron chi connectivity index (χ4n) is 1.81. The maximum atomic E-state index is 12.2. The molecule has 0 aliphatic carbocycles. The number of amides is 1. The molecule has 1 amide bonds. The predicted octanol–water partition coefficient (Wildman–Crippen LogP) is 4.10. The minimum absolute atomic E-state index is 0.140. The minimum atomic E-state index is -0.176. The van der Waals surface area contributed by atoms with Crippen molar-refractivity contribution in [3.63, 3.8) is 0 Å². The van der Waals surface area contributed by atoms with Crippen molar-refractivity contribution in [3.05, 3.63) is 59.6 Å². The van der Waals surface area contributed by atoms with Crippen LogP contribution in [0.2, 0.25) is 0 Å². The Hall–Kier alpha value is -2.49. The molecule has 0 fully saturated rings. The van der Waals surface area contributed by atoms with Crippen LogP contribution in [-0.4, -0.2) is 15.9 Å². The number of hydrogen-bond donors (Lipinski definition) is 1. The van der Waals surface area contributed by atoms with Crippen LogP contribution in [0.4, 0.5) is 5.82 Å². The monoisotopic (exact) mass is 295 g/mol. The van der Waals surface area contributed by atoms with Gasteiger partial charge in [-0.1, -0.05) is 45.1 Å². The summed E-state index contributed by atoms with van der Waals surface area (Å²) in [6, 6.07) is 9.16. The molecule has 0 bridgehead atoms. The van der Waals surface area contributed by atoms with Crippen molar-refractivity contribution in [1.82, 2.24) is 9.97 Å². The highest BCUT2D eigenvalue weighted by Crippen LogP contribution is 2.17. The highest BCUT2D eigenvalue weighted by molar-refractivity contribution is 6.03. The summed E-state index contributed by atoms with van der Waals surface area (Å²) in [5.74, 6) is 0.958. The minimum Gasteiger partial charge on any atom is -0.306 e. The van der Waals surface area contributed by atoms with Crippen molar-refractivity contribution in [2.75, 3.05) is 5.32 Å². The molecule has 114 valence electrons. The van der Waals surface area contributed by atoms with E-state index in [0.717, 1.165) is 5.56 Å². The summed E-state index contributed by atoms with van der Waals surface area (Å²) < 4.78 is 0. The zero-order valence-corrected chi connectivity index (χ0v) is 13.4. The molecule has 1 aromatic heterocycles. The van der Waals surface area contributed by atoms with Gasteiger partial charge in [-0.2, -0.15) is 0 Å². The van der Waals surface area contributed by atoms with Gasteiger partial charge in [-0.3, -0.25) is 4.79 Å². The fourth-order valence-corrected chi connectivity index (χ4v) is 1.81. The van der Waals surface area contributed by atoms with Crippen LogP contribution >= 0.6 is 0 Å². The molecular weight excluding hydrogens is 274 g/mol. The Morgan fingerprint density at radius 2 is 1.82 bits per heavy atom. The molecule has 0 radical (unpaired) electrons. The number of hydrogen-bond acceptors (Lipinski definition) is 3. The van der Waals surface area contributed by atoms with Crippen molar-refractivity contribution < 1.29 is 4.79 Å². The number of benzene rings is 1. The molecule has 1 N–H and O–H groups in total. The first-order valence-corrected chi connectivity index (χ1v) is 7.24. The zero-order chi connectivity index (χ0) is 16.2. The molecule has 0 atom stereocenters. The second-order valence-corrected chi connectivity index (χ2v) is 6.26. The van der Waals surface area contributed by atoms with Crippen LogP contribution in [0.1, 0.15) is 42.5 Å². The Morgan fingerprint density at radius 3 is 2.41 bits per heavy atom. The Morgan fingerprint density at radius 1 is 1.14 bits per heavy atom. The summed E-state index contributed by atoms with van der Waals surface area (Å²) in [6.07, 6.45) is 5.83. The number of carbonyl (C=O) groups excluding carboxylic acids is 1. The first-order chi connectivity index (χ1) is 10.3. The van der Waals surface area contributed by atoms with Gasteiger partial charge in [0.05, 0.1) is 0 Å². The van der Waals surface area contributed by atoms with E-state index in [1.807, 2.05) is 24.3 Å². The molecule has 0 saturated carbocycles. The molecule has 0 spiro atoms. The topological polar surface area (TPSA) is 54.9 Å². The van der Waals surface area contributed by atoms with Gasteiger partial charge in [-0.05, 0) is 36.1 Å². The number of aromatic nitrogens is 2. The quantitative estimate of drug-likeness (QED) is 0.927. The second-order valence-electron chi connectivity index (χ2n) is 6.26. The van der Waals surface area contributed by atoms with Crippen LogP contribution in [0.5, 0.6) is 0 Å². The standard InChI is InChI=1S/C18H21N3O/c1-13-19-12-10-16(20-13)21-17(22)15-7-5-14(6-8-15)9-11-18(2,3)4/h5-12H,1-4H3,(H,19,20,21,22)/b11-9+. The molecule has 1 heterocycles. The van der Waals surface area contributed by atoms with Crippen molar-refractivity contribution in [3.8, 4) is 0 Å². The predicted molar refractivity (Wildman–Crippen MR) is 89.7 cm³/mol. The number of rotatable bonds is 3. The van der Waals surface area contributed by atoms with Crippen LogP contribution in [0.3, 0.4) is 0 Å². The number of anilines is 1. The van der Waals surface area contributed by atoms with Gasteiger partial charge in [0.15, 0.2) is 0 Å². The van der Waals surface area contributed by atoms with E-state index in [1.165, 1.54) is 0 Å².